The Balaban J connectivity index is 1.53. The van der Waals surface area contributed by atoms with Gasteiger partial charge in [-0.1, -0.05) is 54.6 Å². The predicted molar refractivity (Wildman–Crippen MR) is 125 cm³/mol. The van der Waals surface area contributed by atoms with Crippen molar-refractivity contribution >= 4 is 39.0 Å². The molecule has 3 N–H and O–H groups in total. The molecule has 7 nitrogen and oxygen atoms in total. The van der Waals surface area contributed by atoms with Crippen LogP contribution >= 0.6 is 0 Å². The third-order valence-corrected chi connectivity index (χ3v) is 5.60. The second-order valence-electron chi connectivity index (χ2n) is 7.61. The normalized spacial score (nSPS) is 11.1. The molecule has 0 fully saturated rings. The molecule has 0 bridgehead atoms. The lowest BCUT2D eigenvalue weighted by Gasteiger charge is -2.10. The van der Waals surface area contributed by atoms with Gasteiger partial charge in [-0.3, -0.25) is 20.0 Å². The summed E-state index contributed by atoms with van der Waals surface area (Å²) in [6, 6.07) is 23.6. The van der Waals surface area contributed by atoms with Gasteiger partial charge in [0.15, 0.2) is 11.6 Å². The van der Waals surface area contributed by atoms with E-state index in [1.54, 1.807) is 18.2 Å². The van der Waals surface area contributed by atoms with Gasteiger partial charge in [-0.2, -0.15) is 5.10 Å². The van der Waals surface area contributed by atoms with Crippen molar-refractivity contribution in [3.8, 4) is 11.1 Å². The molecule has 4 aromatic carbocycles. The van der Waals surface area contributed by atoms with Crippen molar-refractivity contribution in [2.24, 2.45) is 0 Å². The number of carbonyl (C=O) groups excluding carboxylic acids is 1. The van der Waals surface area contributed by atoms with E-state index in [0.717, 1.165) is 32.8 Å². The molecular weight excluding hydrogens is 404 g/mol. The Bertz CT molecular complexity index is 1520. The molecule has 0 saturated heterocycles. The van der Waals surface area contributed by atoms with Gasteiger partial charge in [0.25, 0.3) is 5.69 Å². The lowest BCUT2D eigenvalue weighted by molar-refractivity contribution is -0.384. The summed E-state index contributed by atoms with van der Waals surface area (Å²) in [5, 5.41) is 20.7. The van der Waals surface area contributed by atoms with Crippen LogP contribution in [0.3, 0.4) is 0 Å². The number of nitro benzene ring substituents is 1. The second-order valence-corrected chi connectivity index (χ2v) is 7.61. The fourth-order valence-electron chi connectivity index (χ4n) is 4.09. The maximum absolute atomic E-state index is 13.1. The van der Waals surface area contributed by atoms with Crippen LogP contribution in [0, 0.1) is 10.1 Å². The van der Waals surface area contributed by atoms with E-state index in [2.05, 4.69) is 10.2 Å². The first-order chi connectivity index (χ1) is 15.5. The van der Waals surface area contributed by atoms with E-state index in [4.69, 9.17) is 5.73 Å². The molecule has 1 heterocycles. The van der Waals surface area contributed by atoms with Gasteiger partial charge in [0.1, 0.15) is 0 Å². The Labute approximate surface area is 182 Å². The first-order valence-electron chi connectivity index (χ1n) is 10.0. The number of aromatic nitrogens is 2. The van der Waals surface area contributed by atoms with Gasteiger partial charge in [0, 0.05) is 24.1 Å². The van der Waals surface area contributed by atoms with E-state index in [-0.39, 0.29) is 17.9 Å². The molecule has 7 heteroatoms. The Morgan fingerprint density at radius 1 is 1.00 bits per heavy atom. The van der Waals surface area contributed by atoms with E-state index in [1.165, 1.54) is 12.1 Å². The Kier molecular flexibility index (Phi) is 4.63. The number of benzene rings is 4. The summed E-state index contributed by atoms with van der Waals surface area (Å²) in [7, 11) is 0. The van der Waals surface area contributed by atoms with E-state index in [1.807, 2.05) is 48.5 Å². The van der Waals surface area contributed by atoms with Crippen LogP contribution < -0.4 is 5.73 Å². The molecule has 156 valence electrons. The molecule has 0 aliphatic rings. The van der Waals surface area contributed by atoms with E-state index >= 15 is 0 Å². The second kappa shape index (κ2) is 7.63. The zero-order valence-corrected chi connectivity index (χ0v) is 16.9. The molecule has 1 aromatic heterocycles. The predicted octanol–water partition coefficient (Wildman–Crippen LogP) is 5.30. The summed E-state index contributed by atoms with van der Waals surface area (Å²) in [6.45, 7) is 0. The number of nitro groups is 1. The molecule has 0 aliphatic heterocycles. The third kappa shape index (κ3) is 3.35. The van der Waals surface area contributed by atoms with Crippen LogP contribution in [0.1, 0.15) is 15.9 Å². The number of aromatic amines is 1. The number of nitrogens with one attached hydrogen (secondary N) is 1. The van der Waals surface area contributed by atoms with Crippen LogP contribution in [0.25, 0.3) is 32.8 Å². The van der Waals surface area contributed by atoms with Crippen LogP contribution in [0.4, 0.5) is 11.5 Å². The summed E-state index contributed by atoms with van der Waals surface area (Å²) < 4.78 is 0. The fraction of sp³-hybridized carbons (Fsp3) is 0.0400. The molecule has 0 amide bonds. The van der Waals surface area contributed by atoms with Crippen molar-refractivity contribution in [1.29, 1.82) is 0 Å². The highest BCUT2D eigenvalue weighted by Crippen LogP contribution is 2.33. The topological polar surface area (TPSA) is 115 Å². The van der Waals surface area contributed by atoms with Gasteiger partial charge < -0.3 is 5.73 Å². The number of hydrogen-bond donors (Lipinski definition) is 2. The van der Waals surface area contributed by atoms with Crippen molar-refractivity contribution in [1.82, 2.24) is 10.2 Å². The maximum atomic E-state index is 13.1. The molecular formula is C25H18N4O3. The zero-order valence-electron chi connectivity index (χ0n) is 16.9. The minimum absolute atomic E-state index is 0.0226. The SMILES string of the molecule is Nc1n[nH]c2cccc(-c3ccc4c(C(=O)Cc5cccc([N+](=O)[O-])c5)cccc4c3)c12. The van der Waals surface area contributed by atoms with Crippen molar-refractivity contribution < 1.29 is 9.72 Å². The number of nitrogens with zero attached hydrogens (tertiary/aromatic N) is 2. The van der Waals surface area contributed by atoms with Gasteiger partial charge in [0.05, 0.1) is 15.8 Å². The zero-order chi connectivity index (χ0) is 22.2. The smallest absolute Gasteiger partial charge is 0.269 e. The number of non-ortho nitro benzene ring substituents is 1. The number of nitrogens with two attached hydrogens (primary N) is 1. The number of anilines is 1. The number of H-pyrrole nitrogens is 1. The minimum Gasteiger partial charge on any atom is -0.382 e. The highest BCUT2D eigenvalue weighted by molar-refractivity contribution is 6.10. The number of ketones is 1. The molecule has 0 saturated carbocycles. The lowest BCUT2D eigenvalue weighted by Crippen LogP contribution is -2.04. The van der Waals surface area contributed by atoms with Crippen LogP contribution in [0.2, 0.25) is 0 Å². The Morgan fingerprint density at radius 2 is 1.81 bits per heavy atom. The summed E-state index contributed by atoms with van der Waals surface area (Å²) >= 11 is 0. The monoisotopic (exact) mass is 422 g/mol. The Morgan fingerprint density at radius 3 is 2.66 bits per heavy atom. The first-order valence-corrected chi connectivity index (χ1v) is 10.0. The molecule has 5 rings (SSSR count). The van der Waals surface area contributed by atoms with Crippen molar-refractivity contribution in [2.45, 2.75) is 6.42 Å². The first kappa shape index (κ1) is 19.4. The summed E-state index contributed by atoms with van der Waals surface area (Å²) in [5.41, 5.74) is 10.0. The van der Waals surface area contributed by atoms with Gasteiger partial charge in [-0.05, 0) is 39.6 Å². The van der Waals surface area contributed by atoms with Gasteiger partial charge in [-0.25, -0.2) is 0 Å². The average Bonchev–Trinajstić information content (AvgIpc) is 3.19. The molecule has 0 spiro atoms. The number of fused-ring (bicyclic) bond motifs is 2. The quantitative estimate of drug-likeness (QED) is 0.227. The molecule has 0 unspecified atom stereocenters. The lowest BCUT2D eigenvalue weighted by atomic mass is 9.94. The summed E-state index contributed by atoms with van der Waals surface area (Å²) in [4.78, 5) is 23.6. The van der Waals surface area contributed by atoms with E-state index < -0.39 is 4.92 Å². The number of Topliss-reactive ketones (excluding diaryl/α,β-unsaturated/α-hetero) is 1. The summed E-state index contributed by atoms with van der Waals surface area (Å²) in [5.74, 6) is 0.349. The van der Waals surface area contributed by atoms with Crippen molar-refractivity contribution in [3.05, 3.63) is 100 Å². The standard InChI is InChI=1S/C25H18N4O3/c26-25-24-20(7-3-9-22(24)27-28-25)17-10-11-19-16(14-17)5-2-8-21(19)23(30)13-15-4-1-6-18(12-15)29(31)32/h1-12,14H,13H2,(H3,26,27,28). The molecule has 5 aromatic rings. The third-order valence-electron chi connectivity index (χ3n) is 5.60. The number of nitrogen functional groups attached to an aromatic ring is 1. The number of hydrogen-bond acceptors (Lipinski definition) is 5. The average molecular weight is 422 g/mol. The van der Waals surface area contributed by atoms with E-state index in [0.29, 0.717) is 16.9 Å². The Hall–Kier alpha value is -4.52. The maximum Gasteiger partial charge on any atom is 0.269 e. The van der Waals surface area contributed by atoms with Crippen LogP contribution in [-0.4, -0.2) is 20.9 Å². The fourth-order valence-corrected chi connectivity index (χ4v) is 4.09. The summed E-state index contributed by atoms with van der Waals surface area (Å²) in [6.07, 6.45) is 0.0907. The highest BCUT2D eigenvalue weighted by atomic mass is 16.6. The molecule has 0 aliphatic carbocycles. The van der Waals surface area contributed by atoms with Crippen LogP contribution in [0.5, 0.6) is 0 Å². The van der Waals surface area contributed by atoms with Crippen molar-refractivity contribution in [2.75, 3.05) is 5.73 Å². The van der Waals surface area contributed by atoms with Crippen LogP contribution in [-0.2, 0) is 6.42 Å². The van der Waals surface area contributed by atoms with Gasteiger partial charge in [0.2, 0.25) is 0 Å². The minimum atomic E-state index is -0.458. The van der Waals surface area contributed by atoms with Crippen molar-refractivity contribution in [3.63, 3.8) is 0 Å². The number of rotatable bonds is 5. The largest absolute Gasteiger partial charge is 0.382 e. The molecule has 32 heavy (non-hydrogen) atoms. The molecule has 0 atom stereocenters. The van der Waals surface area contributed by atoms with Crippen LogP contribution in [0.15, 0.2) is 78.9 Å². The number of carbonyl (C=O) groups is 1. The van der Waals surface area contributed by atoms with E-state index in [9.17, 15) is 14.9 Å². The van der Waals surface area contributed by atoms with Gasteiger partial charge in [-0.15, -0.1) is 0 Å². The highest BCUT2D eigenvalue weighted by Gasteiger charge is 2.15. The van der Waals surface area contributed by atoms with Gasteiger partial charge >= 0.3 is 0 Å². The molecule has 0 radical (unpaired) electrons.